The zero-order valence-corrected chi connectivity index (χ0v) is 90.0. The van der Waals surface area contributed by atoms with Gasteiger partial charge in [0.15, 0.2) is 23.3 Å². The number of ether oxygens (including phenoxy) is 1. The molecule has 10 atom stereocenters. The topological polar surface area (TPSA) is 418 Å². The predicted molar refractivity (Wildman–Crippen MR) is 594 cm³/mol. The monoisotopic (exact) mass is 2170 g/mol. The molecule has 0 saturated heterocycles. The second-order valence-corrected chi connectivity index (χ2v) is 50.2. The van der Waals surface area contributed by atoms with Crippen LogP contribution in [0.1, 0.15) is 143 Å². The van der Waals surface area contributed by atoms with E-state index in [1.165, 1.54) is 66.0 Å². The summed E-state index contributed by atoms with van der Waals surface area (Å²) in [4.78, 5) is 61.9. The molecule has 10 N–H and O–H groups in total. The van der Waals surface area contributed by atoms with E-state index in [4.69, 9.17) is 81.7 Å². The molecule has 10 aromatic rings. The highest BCUT2D eigenvalue weighted by Gasteiger charge is 2.45. The minimum absolute atomic E-state index is 0. The SMILES string of the molecule is C.C=S1(=O)C[C@@](C)(c2cc(CC(=NC)c3ccc(Cl)cn3)ccc2F)N=C(N)N1C.C=S1(=O)C[C@@](C)(c2cc(CC(=NC)c3ccc(OC)cn3)ccc2F)N=C(N)N1C.C=S1(=O)C[C@@](C)(c2cc(CC(=S)c3ccc(C)cn3)cc(F)c2F)N=C(N)N1C.C=S1(=O)C[C@@](C)(c2cc(CC(=S)c3cnc(C)cn3)cc(F)c2F)N=C(N)N1C.C=S1(=O)C[C@@](C)(c2cc(CC(=S)c3cnc(C)cn3)ccc2F)N=C(N)N1C. The third-order valence-electron chi connectivity index (χ3n) is 24.6. The number of nitrogens with zero attached hydrogens (tertiary/aromatic N) is 19. The molecule has 10 heterocycles. The molecule has 0 bridgehead atoms. The van der Waals surface area contributed by atoms with Gasteiger partial charge < -0.3 is 33.4 Å². The van der Waals surface area contributed by atoms with Gasteiger partial charge in [0, 0.05) is 149 Å². The molecule has 0 fully saturated rings. The van der Waals surface area contributed by atoms with Crippen molar-refractivity contribution >= 4 is 182 Å². The van der Waals surface area contributed by atoms with Gasteiger partial charge in [0.2, 0.25) is 29.8 Å². The summed E-state index contributed by atoms with van der Waals surface area (Å²) in [6.07, 6.45) is 12.9. The normalized spacial score (nSPS) is 24.4. The van der Waals surface area contributed by atoms with Gasteiger partial charge in [-0.15, -0.1) is 0 Å². The Balaban J connectivity index is 0.000000187. The molecule has 15 rings (SSSR count). The molecule has 46 heteroatoms. The molecular weight excluding hydrogens is 2060 g/mol. The minimum Gasteiger partial charge on any atom is -0.495 e. The van der Waals surface area contributed by atoms with Gasteiger partial charge in [-0.25, -0.2) is 76.7 Å². The molecule has 146 heavy (non-hydrogen) atoms. The highest BCUT2D eigenvalue weighted by Crippen LogP contribution is 2.41. The maximum Gasteiger partial charge on any atom is 0.203 e. The van der Waals surface area contributed by atoms with Crippen LogP contribution in [0.5, 0.6) is 5.75 Å². The first-order chi connectivity index (χ1) is 67.5. The first-order valence-corrected chi connectivity index (χ1v) is 55.1. The van der Waals surface area contributed by atoms with Gasteiger partial charge in [-0.2, -0.15) is 0 Å². The summed E-state index contributed by atoms with van der Waals surface area (Å²) in [7, 11) is -1.10. The lowest BCUT2D eigenvalue weighted by Crippen LogP contribution is -2.50. The molecule has 0 aliphatic carbocycles. The number of halogens is 8. The van der Waals surface area contributed by atoms with Crippen LogP contribution in [0, 0.1) is 61.5 Å². The van der Waals surface area contributed by atoms with Crippen LogP contribution < -0.4 is 33.4 Å². The van der Waals surface area contributed by atoms with E-state index in [-0.39, 0.29) is 90.0 Å². The highest BCUT2D eigenvalue weighted by molar-refractivity contribution is 8.00. The Morgan fingerprint density at radius 2 is 0.651 bits per heavy atom. The largest absolute Gasteiger partial charge is 0.495 e. The Labute approximate surface area is 870 Å². The zero-order chi connectivity index (χ0) is 107. The Hall–Kier alpha value is -12.6. The molecule has 0 saturated carbocycles. The number of methoxy groups -OCH3 is 1. The first-order valence-electron chi connectivity index (χ1n) is 44.2. The molecule has 778 valence electrons. The first kappa shape index (κ1) is 115. The van der Waals surface area contributed by atoms with E-state index in [1.807, 2.05) is 32.0 Å². The average molecular weight is 2180 g/mol. The number of guanidine groups is 5. The van der Waals surface area contributed by atoms with E-state index >= 15 is 0 Å². The number of hydrogen-bond acceptors (Lipinski definition) is 28. The van der Waals surface area contributed by atoms with Crippen molar-refractivity contribution in [2.45, 2.75) is 123 Å². The van der Waals surface area contributed by atoms with Gasteiger partial charge in [0.1, 0.15) is 50.9 Å². The van der Waals surface area contributed by atoms with Gasteiger partial charge in [0.25, 0.3) is 0 Å². The number of nitrogens with two attached hydrogens (primary N) is 5. The molecular formula is C100H118ClF7N24O6S8. The van der Waals surface area contributed by atoms with E-state index in [1.54, 1.807) is 182 Å². The lowest BCUT2D eigenvalue weighted by Gasteiger charge is -2.37. The molecule has 5 aromatic heterocycles. The van der Waals surface area contributed by atoms with Gasteiger partial charge >= 0.3 is 0 Å². The van der Waals surface area contributed by atoms with Crippen LogP contribution in [0.4, 0.5) is 30.7 Å². The lowest BCUT2D eigenvalue weighted by atomic mass is 9.91. The van der Waals surface area contributed by atoms with Crippen molar-refractivity contribution in [3.8, 4) is 5.75 Å². The Bertz CT molecular complexity index is 7390. The van der Waals surface area contributed by atoms with Gasteiger partial charge in [-0.3, -0.25) is 66.4 Å². The van der Waals surface area contributed by atoms with Crippen LogP contribution in [0.3, 0.4) is 0 Å². The number of benzene rings is 5. The number of aliphatic imine (C=N–C) groups is 7. The Morgan fingerprint density at radius 3 is 0.925 bits per heavy atom. The molecule has 5 aromatic carbocycles. The summed E-state index contributed by atoms with van der Waals surface area (Å²) < 4.78 is 178. The smallest absolute Gasteiger partial charge is 0.203 e. The van der Waals surface area contributed by atoms with Crippen molar-refractivity contribution in [3.63, 3.8) is 0 Å². The molecule has 5 aliphatic rings. The van der Waals surface area contributed by atoms with E-state index < -0.39 is 117 Å². The fraction of sp³-hybridized carbons (Fsp3) is 0.320. The molecule has 5 aliphatic heterocycles. The summed E-state index contributed by atoms with van der Waals surface area (Å²) in [6, 6.07) is 30.3. The summed E-state index contributed by atoms with van der Waals surface area (Å²) in [6.45, 7) is 13.8. The van der Waals surface area contributed by atoms with Gasteiger partial charge in [-0.05, 0) is 191 Å². The van der Waals surface area contributed by atoms with Crippen molar-refractivity contribution < 1.29 is 56.5 Å². The lowest BCUT2D eigenvalue weighted by molar-refractivity contribution is 0.413. The fourth-order valence-corrected chi connectivity index (χ4v) is 25.6. The zero-order valence-electron chi connectivity index (χ0n) is 82.7. The number of aromatic nitrogens is 7. The van der Waals surface area contributed by atoms with E-state index in [0.717, 1.165) is 57.2 Å². The van der Waals surface area contributed by atoms with Crippen molar-refractivity contribution in [2.75, 3.05) is 85.2 Å². The standard InChI is InChI=1S/C21H26FN5O2S.C20H23ClFN5OS.C20H22F2N4OS2.C19H21F2N5OS2.C19H22FN5OS2.CH4/c1-21(13-30(5,28)27(3)20(23)26-21)16-10-14(6-8-17(16)22)11-19(24-2)18-9-7-15(29-4)12-25-18;1-20(12-29(4,28)27(3)19(23)26-20)15-9-13(5-7-16(15)22)10-18(24-2)17-8-6-14(21)11-25-17;1-12-5-6-16(24-10-12)17(28)9-13-7-14(18(22)15(21)8-13)20(2)11-29(4,27)26(3)19(23)25-20;1-11-8-24-15(9-23-11)16(28)7-12-5-13(17(21)14(20)6-12)19(2)10-29(4,27)26(3)18(22)25-19;1-12-9-23-16(10-22-12)17(27)8-13-5-6-15(20)14(7-13)19(2)11-28(4,26)25(3)18(21)24-19;/h6-10,12H,5,11,13H2,1-4H3,(H2,23,26);5-9,11H,4,10,12H2,1-3H3,(H2,23,26);5-8,10H,4,9,11H2,1-3H3,(H2,23,25);5-6,8-9H,4,7,10H2,1-3H3,(H2,22,25);5-7,9-10H,4,8,11H2,1-3H3,(H2,21,24);1H4/t21-,30?;2*20-,29?;19-,29?;19-,28?;/m00000./s1. The maximum absolute atomic E-state index is 14.8. The second kappa shape index (κ2) is 45.4. The number of pyridine rings is 3. The average Bonchev–Trinajstić information content (AvgIpc) is 0.724. The molecule has 0 spiro atoms. The van der Waals surface area contributed by atoms with Crippen LogP contribution in [0.15, 0.2) is 194 Å². The van der Waals surface area contributed by atoms with E-state index in [9.17, 15) is 51.8 Å². The van der Waals surface area contributed by atoms with Gasteiger partial charge in [-0.1, -0.05) is 98.1 Å². The molecule has 30 nitrogen and oxygen atoms in total. The Kier molecular flexibility index (Phi) is 35.8. The van der Waals surface area contributed by atoms with Crippen molar-refractivity contribution in [3.05, 3.63) is 305 Å². The third kappa shape index (κ3) is 26.7. The summed E-state index contributed by atoms with van der Waals surface area (Å²) in [5.74, 6) is 14.0. The summed E-state index contributed by atoms with van der Waals surface area (Å²) >= 11 is 22.2. The number of thiocarbonyl (C=S) groups is 3. The highest BCUT2D eigenvalue weighted by atomic mass is 35.5. The predicted octanol–water partition coefficient (Wildman–Crippen LogP) is 12.1. The van der Waals surface area contributed by atoms with E-state index in [2.05, 4.69) is 99.2 Å². The van der Waals surface area contributed by atoms with Crippen LogP contribution >= 0.6 is 48.3 Å². The van der Waals surface area contributed by atoms with Crippen LogP contribution in [0.25, 0.3) is 0 Å². The molecule has 0 amide bonds. The molecule has 0 radical (unpaired) electrons. The number of rotatable bonds is 21. The fourth-order valence-electron chi connectivity index (χ4n) is 16.3. The maximum atomic E-state index is 14.8. The van der Waals surface area contributed by atoms with Crippen molar-refractivity contribution in [1.29, 1.82) is 0 Å². The van der Waals surface area contributed by atoms with Crippen molar-refractivity contribution in [2.24, 2.45) is 63.6 Å². The second-order valence-electron chi connectivity index (χ2n) is 36.4. The third-order valence-corrected chi connectivity index (χ3v) is 36.9. The quantitative estimate of drug-likeness (QED) is 0.0193. The number of hydrogen-bond donors (Lipinski definition) is 5. The Morgan fingerprint density at radius 1 is 0.370 bits per heavy atom. The van der Waals surface area contributed by atoms with Crippen LogP contribution in [0.2, 0.25) is 5.02 Å². The molecule has 5 unspecified atom stereocenters. The minimum atomic E-state index is -2.83. The van der Waals surface area contributed by atoms with Gasteiger partial charge in [0.05, 0.1) is 159 Å². The van der Waals surface area contributed by atoms with Crippen LogP contribution in [-0.4, -0.2) is 248 Å². The van der Waals surface area contributed by atoms with Crippen LogP contribution in [-0.2, 0) is 108 Å². The summed E-state index contributed by atoms with van der Waals surface area (Å²) in [5, 5.41) is 0.538. The summed E-state index contributed by atoms with van der Waals surface area (Å²) in [5.41, 5.74) is 35.0. The van der Waals surface area contributed by atoms with Crippen molar-refractivity contribution in [1.82, 2.24) is 56.4 Å². The number of aryl methyl sites for hydroxylation is 3. The van der Waals surface area contributed by atoms with E-state index in [0.29, 0.717) is 101 Å².